The Labute approximate surface area is 98.4 Å². The largest absolute Gasteiger partial charge is 0.366 e. The number of nitrogens with two attached hydrogens (primary N) is 1. The average Bonchev–Trinajstić information content (AvgIpc) is 2.35. The number of nitro groups is 1. The summed E-state index contributed by atoms with van der Waals surface area (Å²) in [4.78, 5) is 13.8. The lowest BCUT2D eigenvalue weighted by Crippen LogP contribution is -2.28. The number of hydrogen-bond donors (Lipinski definition) is 2. The molecule has 0 saturated carbocycles. The molecule has 0 aromatic carbocycles. The SMILES string of the molecule is CCC(CN)Nc1ccc([N+](=O)[O-])c(C#N)n1. The van der Waals surface area contributed by atoms with Gasteiger partial charge in [0.2, 0.25) is 5.69 Å². The Morgan fingerprint density at radius 1 is 1.71 bits per heavy atom. The van der Waals surface area contributed by atoms with Crippen molar-refractivity contribution in [3.8, 4) is 6.07 Å². The third kappa shape index (κ3) is 3.12. The molecule has 1 atom stereocenters. The maximum Gasteiger partial charge on any atom is 0.305 e. The normalized spacial score (nSPS) is 11.6. The topological polar surface area (TPSA) is 118 Å². The zero-order valence-corrected chi connectivity index (χ0v) is 9.38. The van der Waals surface area contributed by atoms with Gasteiger partial charge in [-0.3, -0.25) is 10.1 Å². The van der Waals surface area contributed by atoms with E-state index in [-0.39, 0.29) is 17.4 Å². The van der Waals surface area contributed by atoms with E-state index in [0.29, 0.717) is 12.4 Å². The first-order chi connectivity index (χ1) is 8.12. The number of nitriles is 1. The standard InChI is InChI=1S/C10H13N5O2/c1-2-7(5-11)13-10-4-3-9(15(16)17)8(6-12)14-10/h3-4,7H,2,5,11H2,1H3,(H,13,14). The molecule has 1 unspecified atom stereocenters. The molecule has 1 rings (SSSR count). The molecule has 90 valence electrons. The molecule has 0 bridgehead atoms. The summed E-state index contributed by atoms with van der Waals surface area (Å²) in [6, 6.07) is 4.47. The number of pyridine rings is 1. The maximum absolute atomic E-state index is 10.6. The summed E-state index contributed by atoms with van der Waals surface area (Å²) < 4.78 is 0. The van der Waals surface area contributed by atoms with Gasteiger partial charge in [0, 0.05) is 18.7 Å². The average molecular weight is 235 g/mol. The van der Waals surface area contributed by atoms with Crippen LogP contribution in [0.25, 0.3) is 0 Å². The summed E-state index contributed by atoms with van der Waals surface area (Å²) in [7, 11) is 0. The molecule has 3 N–H and O–H groups in total. The lowest BCUT2D eigenvalue weighted by atomic mass is 10.2. The molecule has 0 spiro atoms. The molecule has 0 aliphatic carbocycles. The summed E-state index contributed by atoms with van der Waals surface area (Å²) in [5.41, 5.74) is 5.02. The number of anilines is 1. The van der Waals surface area contributed by atoms with Crippen molar-refractivity contribution in [2.24, 2.45) is 5.73 Å². The van der Waals surface area contributed by atoms with Crippen LogP contribution in [0.15, 0.2) is 12.1 Å². The van der Waals surface area contributed by atoms with Gasteiger partial charge in [0.05, 0.1) is 4.92 Å². The van der Waals surface area contributed by atoms with Crippen LogP contribution in [-0.4, -0.2) is 22.5 Å². The van der Waals surface area contributed by atoms with E-state index >= 15 is 0 Å². The van der Waals surface area contributed by atoms with Crippen molar-refractivity contribution in [1.29, 1.82) is 5.26 Å². The van der Waals surface area contributed by atoms with E-state index in [4.69, 9.17) is 11.0 Å². The predicted octanol–water partition coefficient (Wildman–Crippen LogP) is 1.01. The highest BCUT2D eigenvalue weighted by molar-refractivity contribution is 5.50. The molecule has 0 radical (unpaired) electrons. The first-order valence-corrected chi connectivity index (χ1v) is 5.14. The molecular formula is C10H13N5O2. The Bertz CT molecular complexity index is 450. The highest BCUT2D eigenvalue weighted by Gasteiger charge is 2.16. The molecule has 1 aromatic rings. The van der Waals surface area contributed by atoms with Crippen LogP contribution in [0, 0.1) is 21.4 Å². The van der Waals surface area contributed by atoms with Gasteiger partial charge in [-0.15, -0.1) is 0 Å². The van der Waals surface area contributed by atoms with Crippen molar-refractivity contribution >= 4 is 11.5 Å². The molecule has 0 amide bonds. The summed E-state index contributed by atoms with van der Waals surface area (Å²) in [5.74, 6) is 0.421. The number of hydrogen-bond acceptors (Lipinski definition) is 6. The minimum Gasteiger partial charge on any atom is -0.366 e. The zero-order chi connectivity index (χ0) is 12.8. The third-order valence-electron chi connectivity index (χ3n) is 2.31. The van der Waals surface area contributed by atoms with Crippen molar-refractivity contribution in [1.82, 2.24) is 4.98 Å². The van der Waals surface area contributed by atoms with Crippen molar-refractivity contribution in [2.45, 2.75) is 19.4 Å². The van der Waals surface area contributed by atoms with Crippen LogP contribution in [-0.2, 0) is 0 Å². The fourth-order valence-electron chi connectivity index (χ4n) is 1.30. The molecule has 17 heavy (non-hydrogen) atoms. The second kappa shape index (κ2) is 5.77. The molecule has 1 heterocycles. The van der Waals surface area contributed by atoms with E-state index in [0.717, 1.165) is 6.42 Å². The maximum atomic E-state index is 10.6. The van der Waals surface area contributed by atoms with E-state index < -0.39 is 4.92 Å². The van der Waals surface area contributed by atoms with Crippen molar-refractivity contribution in [3.63, 3.8) is 0 Å². The lowest BCUT2D eigenvalue weighted by molar-refractivity contribution is -0.385. The quantitative estimate of drug-likeness (QED) is 0.580. The van der Waals surface area contributed by atoms with E-state index in [1.165, 1.54) is 12.1 Å². The molecular weight excluding hydrogens is 222 g/mol. The smallest absolute Gasteiger partial charge is 0.305 e. The summed E-state index contributed by atoms with van der Waals surface area (Å²) in [6.45, 7) is 2.39. The first kappa shape index (κ1) is 12.9. The van der Waals surface area contributed by atoms with E-state index in [1.54, 1.807) is 6.07 Å². The Kier molecular flexibility index (Phi) is 4.37. The molecule has 0 saturated heterocycles. The predicted molar refractivity (Wildman–Crippen MR) is 62.4 cm³/mol. The fourth-order valence-corrected chi connectivity index (χ4v) is 1.30. The summed E-state index contributed by atoms with van der Waals surface area (Å²) in [5, 5.41) is 22.4. The molecule has 0 aliphatic rings. The van der Waals surface area contributed by atoms with Gasteiger partial charge >= 0.3 is 5.69 Å². The fraction of sp³-hybridized carbons (Fsp3) is 0.400. The van der Waals surface area contributed by atoms with Crippen molar-refractivity contribution < 1.29 is 4.92 Å². The van der Waals surface area contributed by atoms with E-state index in [1.807, 2.05) is 6.92 Å². The number of nitrogens with zero attached hydrogens (tertiary/aromatic N) is 3. The van der Waals surface area contributed by atoms with Crippen LogP contribution in [0.4, 0.5) is 11.5 Å². The summed E-state index contributed by atoms with van der Waals surface area (Å²) >= 11 is 0. The van der Waals surface area contributed by atoms with Gasteiger partial charge in [-0.2, -0.15) is 5.26 Å². The third-order valence-corrected chi connectivity index (χ3v) is 2.31. The first-order valence-electron chi connectivity index (χ1n) is 5.14. The van der Waals surface area contributed by atoms with Crippen LogP contribution < -0.4 is 11.1 Å². The Morgan fingerprint density at radius 3 is 2.88 bits per heavy atom. The van der Waals surface area contributed by atoms with Crippen LogP contribution in [0.5, 0.6) is 0 Å². The van der Waals surface area contributed by atoms with Gasteiger partial charge in [-0.1, -0.05) is 6.92 Å². The van der Waals surface area contributed by atoms with Crippen LogP contribution in [0.3, 0.4) is 0 Å². The second-order valence-corrected chi connectivity index (χ2v) is 3.42. The zero-order valence-electron chi connectivity index (χ0n) is 9.38. The van der Waals surface area contributed by atoms with E-state index in [2.05, 4.69) is 10.3 Å². The number of nitrogens with one attached hydrogen (secondary N) is 1. The molecule has 0 aliphatic heterocycles. The van der Waals surface area contributed by atoms with Crippen LogP contribution in [0.2, 0.25) is 0 Å². The molecule has 7 heteroatoms. The minimum absolute atomic E-state index is 0.0375. The second-order valence-electron chi connectivity index (χ2n) is 3.42. The van der Waals surface area contributed by atoms with Gasteiger partial charge in [-0.25, -0.2) is 4.98 Å². The van der Waals surface area contributed by atoms with Gasteiger partial charge in [0.15, 0.2) is 0 Å². The lowest BCUT2D eigenvalue weighted by Gasteiger charge is -2.14. The Hall–Kier alpha value is -2.20. The number of aromatic nitrogens is 1. The van der Waals surface area contributed by atoms with Gasteiger partial charge in [-0.05, 0) is 12.5 Å². The highest BCUT2D eigenvalue weighted by Crippen LogP contribution is 2.18. The van der Waals surface area contributed by atoms with Crippen molar-refractivity contribution in [3.05, 3.63) is 27.9 Å². The van der Waals surface area contributed by atoms with E-state index in [9.17, 15) is 10.1 Å². The Balaban J connectivity index is 2.98. The monoisotopic (exact) mass is 235 g/mol. The minimum atomic E-state index is -0.629. The molecule has 7 nitrogen and oxygen atoms in total. The summed E-state index contributed by atoms with van der Waals surface area (Å²) in [6.07, 6.45) is 0.803. The molecule has 0 fully saturated rings. The highest BCUT2D eigenvalue weighted by atomic mass is 16.6. The van der Waals surface area contributed by atoms with Gasteiger partial charge in [0.1, 0.15) is 11.9 Å². The molecule has 1 aromatic heterocycles. The van der Waals surface area contributed by atoms with Gasteiger partial charge < -0.3 is 11.1 Å². The van der Waals surface area contributed by atoms with Crippen molar-refractivity contribution in [2.75, 3.05) is 11.9 Å². The Morgan fingerprint density at radius 2 is 2.41 bits per heavy atom. The number of rotatable bonds is 5. The van der Waals surface area contributed by atoms with Gasteiger partial charge in [0.25, 0.3) is 0 Å². The van der Waals surface area contributed by atoms with Crippen LogP contribution >= 0.6 is 0 Å². The van der Waals surface area contributed by atoms with Crippen LogP contribution in [0.1, 0.15) is 19.0 Å².